The number of halogens is 1. The lowest BCUT2D eigenvalue weighted by Crippen LogP contribution is -2.04. The summed E-state index contributed by atoms with van der Waals surface area (Å²) in [6.45, 7) is 5.21. The molecule has 7 heteroatoms. The Balaban J connectivity index is 2.20. The van der Waals surface area contributed by atoms with Crippen molar-refractivity contribution in [2.24, 2.45) is 0 Å². The van der Waals surface area contributed by atoms with Crippen molar-refractivity contribution in [3.63, 3.8) is 0 Å². The normalized spacial score (nSPS) is 11.4. The van der Waals surface area contributed by atoms with E-state index in [1.807, 2.05) is 24.3 Å². The summed E-state index contributed by atoms with van der Waals surface area (Å²) in [4.78, 5) is 4.07. The number of rotatable bonds is 3. The van der Waals surface area contributed by atoms with Crippen LogP contribution in [0.5, 0.6) is 0 Å². The monoisotopic (exact) mass is 296 g/mol. The Morgan fingerprint density at radius 1 is 1.16 bits per heavy atom. The molecule has 0 atom stereocenters. The molecule has 0 aliphatic heterocycles. The molecule has 0 spiro atoms. The second-order valence-electron chi connectivity index (χ2n) is 4.53. The van der Waals surface area contributed by atoms with Gasteiger partial charge < -0.3 is 9.88 Å². The zero-order valence-electron chi connectivity index (χ0n) is 10.9. The molecule has 2 aromatic rings. The first-order valence-electron chi connectivity index (χ1n) is 5.66. The van der Waals surface area contributed by atoms with Gasteiger partial charge in [0.2, 0.25) is 5.95 Å². The Kier molecular flexibility index (Phi) is 3.88. The predicted molar refractivity (Wildman–Crippen MR) is 78.4 cm³/mol. The summed E-state index contributed by atoms with van der Waals surface area (Å²) in [5, 5.41) is 11.9. The van der Waals surface area contributed by atoms with Crippen LogP contribution in [-0.4, -0.2) is 28.5 Å². The Hall–Kier alpha value is -1.45. The quantitative estimate of drug-likeness (QED) is 0.882. The van der Waals surface area contributed by atoms with Crippen molar-refractivity contribution in [1.82, 2.24) is 15.2 Å². The molecule has 1 heterocycles. The fraction of sp³-hybridized carbons (Fsp3) is 0.250. The van der Waals surface area contributed by atoms with E-state index >= 15 is 0 Å². The van der Waals surface area contributed by atoms with Crippen LogP contribution in [0.25, 0.3) is 0 Å². The summed E-state index contributed by atoms with van der Waals surface area (Å²) in [5.74, 6) is 0.333. The van der Waals surface area contributed by atoms with E-state index in [-0.39, 0.29) is 0 Å². The van der Waals surface area contributed by atoms with Crippen LogP contribution in [0.1, 0.15) is 5.69 Å². The first kappa shape index (κ1) is 14.0. The highest BCUT2D eigenvalue weighted by Gasteiger charge is 2.10. The smallest absolute Gasteiger partial charge is 0.248 e. The number of aryl methyl sites for hydroxylation is 1. The van der Waals surface area contributed by atoms with Gasteiger partial charge in [-0.05, 0) is 44.5 Å². The minimum absolute atomic E-state index is 0.320. The minimum atomic E-state index is -2.23. The van der Waals surface area contributed by atoms with Crippen molar-refractivity contribution < 1.29 is 4.57 Å². The molecule has 5 nitrogen and oxygen atoms in total. The van der Waals surface area contributed by atoms with Crippen molar-refractivity contribution >= 4 is 35.7 Å². The van der Waals surface area contributed by atoms with Crippen molar-refractivity contribution in [3.8, 4) is 0 Å². The van der Waals surface area contributed by atoms with E-state index in [0.29, 0.717) is 16.8 Å². The largest absolute Gasteiger partial charge is 0.323 e. The summed E-state index contributed by atoms with van der Waals surface area (Å²) in [5.41, 5.74) is 1.37. The lowest BCUT2D eigenvalue weighted by Gasteiger charge is -2.09. The molecule has 100 valence electrons. The van der Waals surface area contributed by atoms with E-state index in [9.17, 15) is 4.57 Å². The number of anilines is 2. The molecule has 19 heavy (non-hydrogen) atoms. The van der Waals surface area contributed by atoms with E-state index in [1.165, 1.54) is 0 Å². The summed E-state index contributed by atoms with van der Waals surface area (Å²) in [6, 6.07) is 7.30. The lowest BCUT2D eigenvalue weighted by molar-refractivity contribution is 0.588. The Bertz CT molecular complexity index is 639. The van der Waals surface area contributed by atoms with Crippen LogP contribution in [0.3, 0.4) is 0 Å². The van der Waals surface area contributed by atoms with Gasteiger partial charge in [0, 0.05) is 11.0 Å². The van der Waals surface area contributed by atoms with Crippen LogP contribution in [-0.2, 0) is 4.57 Å². The van der Waals surface area contributed by atoms with Crippen LogP contribution in [0, 0.1) is 6.92 Å². The zero-order valence-corrected chi connectivity index (χ0v) is 12.5. The summed E-state index contributed by atoms with van der Waals surface area (Å²) in [7, 11) is -2.23. The maximum absolute atomic E-state index is 11.9. The molecule has 0 aliphatic rings. The van der Waals surface area contributed by atoms with Gasteiger partial charge in [-0.25, -0.2) is 0 Å². The van der Waals surface area contributed by atoms with Gasteiger partial charge in [0.25, 0.3) is 0 Å². The van der Waals surface area contributed by atoms with E-state index in [0.717, 1.165) is 11.0 Å². The van der Waals surface area contributed by atoms with E-state index in [4.69, 9.17) is 11.6 Å². The van der Waals surface area contributed by atoms with Crippen LogP contribution in [0.4, 0.5) is 11.6 Å². The van der Waals surface area contributed by atoms with Gasteiger partial charge in [0.15, 0.2) is 5.15 Å². The topological polar surface area (TPSA) is 67.8 Å². The van der Waals surface area contributed by atoms with Crippen LogP contribution in [0.2, 0.25) is 5.15 Å². The molecule has 0 amide bonds. The van der Waals surface area contributed by atoms with E-state index in [2.05, 4.69) is 20.5 Å². The summed E-state index contributed by atoms with van der Waals surface area (Å²) in [6.07, 6.45) is 0. The predicted octanol–water partition coefficient (Wildman–Crippen LogP) is 2.83. The van der Waals surface area contributed by atoms with Crippen molar-refractivity contribution in [1.29, 1.82) is 0 Å². The third-order valence-electron chi connectivity index (χ3n) is 2.54. The number of aromatic nitrogens is 3. The molecule has 1 aromatic carbocycles. The molecule has 0 aliphatic carbocycles. The molecule has 0 radical (unpaired) electrons. The fourth-order valence-electron chi connectivity index (χ4n) is 1.45. The maximum atomic E-state index is 11.9. The van der Waals surface area contributed by atoms with Gasteiger partial charge >= 0.3 is 0 Å². The summed E-state index contributed by atoms with van der Waals surface area (Å²) >= 11 is 5.87. The second-order valence-corrected chi connectivity index (χ2v) is 8.11. The molecule has 1 aromatic heterocycles. The van der Waals surface area contributed by atoms with Crippen LogP contribution < -0.4 is 10.6 Å². The molecular weight excluding hydrogens is 283 g/mol. The highest BCUT2D eigenvalue weighted by atomic mass is 35.5. The Labute approximate surface area is 116 Å². The first-order valence-corrected chi connectivity index (χ1v) is 8.63. The van der Waals surface area contributed by atoms with Gasteiger partial charge in [-0.15, -0.1) is 10.2 Å². The van der Waals surface area contributed by atoms with Crippen LogP contribution >= 0.6 is 18.7 Å². The average Bonchev–Trinajstić information content (AvgIpc) is 2.33. The number of hydrogen-bond donors (Lipinski definition) is 1. The second kappa shape index (κ2) is 5.27. The molecule has 0 saturated heterocycles. The molecule has 1 N–H and O–H groups in total. The number of nitrogens with zero attached hydrogens (tertiary/aromatic N) is 3. The molecule has 0 fully saturated rings. The van der Waals surface area contributed by atoms with Gasteiger partial charge in [-0.3, -0.25) is 0 Å². The highest BCUT2D eigenvalue weighted by Crippen LogP contribution is 2.34. The first-order chi connectivity index (χ1) is 8.86. The van der Waals surface area contributed by atoms with Gasteiger partial charge in [0.1, 0.15) is 7.14 Å². The van der Waals surface area contributed by atoms with Crippen molar-refractivity contribution in [2.45, 2.75) is 6.92 Å². The number of benzene rings is 1. The SMILES string of the molecule is Cc1nnc(Nc2ccc(P(C)(C)=O)cc2)nc1Cl. The molecule has 0 saturated carbocycles. The number of hydrogen-bond acceptors (Lipinski definition) is 5. The van der Waals surface area contributed by atoms with Gasteiger partial charge in [-0.1, -0.05) is 11.6 Å². The third-order valence-corrected chi connectivity index (χ3v) is 4.44. The average molecular weight is 297 g/mol. The van der Waals surface area contributed by atoms with Crippen molar-refractivity contribution in [3.05, 3.63) is 35.1 Å². The molecule has 2 rings (SSSR count). The number of nitrogens with one attached hydrogen (secondary N) is 1. The van der Waals surface area contributed by atoms with Gasteiger partial charge in [0.05, 0.1) is 5.69 Å². The standard InChI is InChI=1S/C12H14ClN4OP/c1-8-11(13)15-12(17-16-8)14-9-4-6-10(7-5-9)19(2,3)18/h4-7H,1-3H3,(H,14,15,17). The Morgan fingerprint density at radius 3 is 2.32 bits per heavy atom. The Morgan fingerprint density at radius 2 is 1.79 bits per heavy atom. The van der Waals surface area contributed by atoms with E-state index in [1.54, 1.807) is 20.3 Å². The fourth-order valence-corrected chi connectivity index (χ4v) is 2.43. The van der Waals surface area contributed by atoms with Crippen molar-refractivity contribution in [2.75, 3.05) is 18.6 Å². The molecule has 0 unspecified atom stereocenters. The molecule has 0 bridgehead atoms. The third kappa shape index (κ3) is 3.52. The summed E-state index contributed by atoms with van der Waals surface area (Å²) < 4.78 is 11.9. The van der Waals surface area contributed by atoms with E-state index < -0.39 is 7.14 Å². The molecular formula is C12H14ClN4OP. The highest BCUT2D eigenvalue weighted by molar-refractivity contribution is 7.70. The minimum Gasteiger partial charge on any atom is -0.323 e. The lowest BCUT2D eigenvalue weighted by atomic mass is 10.3. The van der Waals surface area contributed by atoms with Crippen LogP contribution in [0.15, 0.2) is 24.3 Å². The zero-order chi connectivity index (χ0) is 14.0. The maximum Gasteiger partial charge on any atom is 0.248 e. The van der Waals surface area contributed by atoms with Gasteiger partial charge in [-0.2, -0.15) is 4.98 Å².